The maximum absolute atomic E-state index is 5.88. The van der Waals surface area contributed by atoms with Crippen molar-refractivity contribution in [3.05, 3.63) is 29.3 Å². The predicted octanol–water partition coefficient (Wildman–Crippen LogP) is 3.68. The lowest BCUT2D eigenvalue weighted by molar-refractivity contribution is 0.0574. The molecule has 0 unspecified atom stereocenters. The molecule has 0 radical (unpaired) electrons. The van der Waals surface area contributed by atoms with Gasteiger partial charge in [-0.25, -0.2) is 0 Å². The summed E-state index contributed by atoms with van der Waals surface area (Å²) in [5, 5.41) is 6.71. The van der Waals surface area contributed by atoms with Crippen molar-refractivity contribution in [2.75, 3.05) is 33.9 Å². The third-order valence-electron chi connectivity index (χ3n) is 4.67. The van der Waals surface area contributed by atoms with E-state index in [0.29, 0.717) is 6.10 Å². The molecule has 0 saturated heterocycles. The minimum atomic E-state index is 0. The summed E-state index contributed by atoms with van der Waals surface area (Å²) in [7, 11) is 3.52. The number of ether oxygens (including phenoxy) is 2. The van der Waals surface area contributed by atoms with Gasteiger partial charge >= 0.3 is 0 Å². The molecule has 1 fully saturated rings. The first-order valence-electron chi connectivity index (χ1n) is 9.42. The van der Waals surface area contributed by atoms with Crippen molar-refractivity contribution < 1.29 is 9.47 Å². The maximum atomic E-state index is 5.88. The van der Waals surface area contributed by atoms with Gasteiger partial charge in [-0.3, -0.25) is 4.99 Å². The zero-order chi connectivity index (χ0) is 17.9. The monoisotopic (exact) mass is 475 g/mol. The summed E-state index contributed by atoms with van der Waals surface area (Å²) < 4.78 is 11.3. The quantitative estimate of drug-likeness (QED) is 0.248. The Kier molecular flexibility index (Phi) is 11.7. The van der Waals surface area contributed by atoms with Gasteiger partial charge in [0.25, 0.3) is 0 Å². The summed E-state index contributed by atoms with van der Waals surface area (Å²) in [4.78, 5) is 4.27. The molecule has 0 aliphatic heterocycles. The van der Waals surface area contributed by atoms with E-state index in [2.05, 4.69) is 40.7 Å². The van der Waals surface area contributed by atoms with Crippen molar-refractivity contribution in [3.8, 4) is 5.75 Å². The second-order valence-corrected chi connectivity index (χ2v) is 6.61. The van der Waals surface area contributed by atoms with Crippen LogP contribution in [0.4, 0.5) is 0 Å². The molecule has 6 heteroatoms. The van der Waals surface area contributed by atoms with E-state index in [1.54, 1.807) is 14.2 Å². The third-order valence-corrected chi connectivity index (χ3v) is 4.67. The summed E-state index contributed by atoms with van der Waals surface area (Å²) in [6.07, 6.45) is 7.57. The number of rotatable bonds is 9. The van der Waals surface area contributed by atoms with E-state index < -0.39 is 0 Å². The lowest BCUT2D eigenvalue weighted by atomic mass is 10.1. The topological polar surface area (TPSA) is 54.9 Å². The van der Waals surface area contributed by atoms with Crippen LogP contribution in [0.2, 0.25) is 0 Å². The molecular weight excluding hydrogens is 441 g/mol. The van der Waals surface area contributed by atoms with Crippen LogP contribution in [0.5, 0.6) is 5.75 Å². The third kappa shape index (κ3) is 8.12. The van der Waals surface area contributed by atoms with Gasteiger partial charge in [-0.1, -0.05) is 25.0 Å². The average Bonchev–Trinajstić information content (AvgIpc) is 3.14. The molecule has 1 aliphatic rings. The van der Waals surface area contributed by atoms with Crippen molar-refractivity contribution in [2.24, 2.45) is 4.99 Å². The summed E-state index contributed by atoms with van der Waals surface area (Å²) in [6, 6.07) is 6.36. The Labute approximate surface area is 175 Å². The molecule has 0 spiro atoms. The molecule has 1 aromatic carbocycles. The number of nitrogens with zero attached hydrogens (tertiary/aromatic N) is 1. The molecule has 1 aliphatic carbocycles. The summed E-state index contributed by atoms with van der Waals surface area (Å²) in [5.41, 5.74) is 2.42. The fourth-order valence-corrected chi connectivity index (χ4v) is 3.15. The second-order valence-electron chi connectivity index (χ2n) is 6.61. The number of methoxy groups -OCH3 is 1. The lowest BCUT2D eigenvalue weighted by Gasteiger charge is -2.14. The zero-order valence-corrected chi connectivity index (χ0v) is 18.7. The van der Waals surface area contributed by atoms with Crippen LogP contribution in [0.3, 0.4) is 0 Å². The van der Waals surface area contributed by atoms with Crippen LogP contribution in [-0.4, -0.2) is 45.9 Å². The van der Waals surface area contributed by atoms with E-state index in [4.69, 9.17) is 9.47 Å². The zero-order valence-electron chi connectivity index (χ0n) is 16.3. The normalized spacial score (nSPS) is 14.8. The number of guanidine groups is 1. The highest BCUT2D eigenvalue weighted by molar-refractivity contribution is 14.0. The van der Waals surface area contributed by atoms with Crippen molar-refractivity contribution in [3.63, 3.8) is 0 Å². The molecule has 148 valence electrons. The molecule has 0 bridgehead atoms. The SMILES string of the molecule is CN=C(NCCCOC1CCCC1)NCCc1ccc(C)c(OC)c1.I. The van der Waals surface area contributed by atoms with Gasteiger partial charge in [0.05, 0.1) is 13.2 Å². The minimum absolute atomic E-state index is 0. The second kappa shape index (κ2) is 13.2. The lowest BCUT2D eigenvalue weighted by Crippen LogP contribution is -2.39. The van der Waals surface area contributed by atoms with E-state index in [1.165, 1.54) is 31.2 Å². The predicted molar refractivity (Wildman–Crippen MR) is 119 cm³/mol. The Morgan fingerprint density at radius 3 is 2.62 bits per heavy atom. The van der Waals surface area contributed by atoms with Gasteiger partial charge in [0.2, 0.25) is 0 Å². The highest BCUT2D eigenvalue weighted by Crippen LogP contribution is 2.21. The van der Waals surface area contributed by atoms with Crippen LogP contribution in [0.25, 0.3) is 0 Å². The molecule has 2 N–H and O–H groups in total. The van der Waals surface area contributed by atoms with E-state index in [-0.39, 0.29) is 24.0 Å². The smallest absolute Gasteiger partial charge is 0.190 e. The molecule has 1 aromatic rings. The van der Waals surface area contributed by atoms with Crippen LogP contribution >= 0.6 is 24.0 Å². The highest BCUT2D eigenvalue weighted by atomic mass is 127. The van der Waals surface area contributed by atoms with Gasteiger partial charge in [0.15, 0.2) is 5.96 Å². The van der Waals surface area contributed by atoms with Crippen LogP contribution in [0.15, 0.2) is 23.2 Å². The first-order chi connectivity index (χ1) is 12.2. The first-order valence-corrected chi connectivity index (χ1v) is 9.42. The van der Waals surface area contributed by atoms with E-state index in [1.807, 2.05) is 0 Å². The largest absolute Gasteiger partial charge is 0.496 e. The fraction of sp³-hybridized carbons (Fsp3) is 0.650. The fourth-order valence-electron chi connectivity index (χ4n) is 3.15. The van der Waals surface area contributed by atoms with Gasteiger partial charge in [0, 0.05) is 26.7 Å². The van der Waals surface area contributed by atoms with Gasteiger partial charge in [0.1, 0.15) is 5.75 Å². The van der Waals surface area contributed by atoms with Gasteiger partial charge in [-0.2, -0.15) is 0 Å². The molecule has 1 saturated carbocycles. The molecule has 26 heavy (non-hydrogen) atoms. The van der Waals surface area contributed by atoms with Crippen molar-refractivity contribution >= 4 is 29.9 Å². The van der Waals surface area contributed by atoms with E-state index in [9.17, 15) is 0 Å². The number of hydrogen-bond acceptors (Lipinski definition) is 3. The first kappa shape index (κ1) is 23.0. The van der Waals surface area contributed by atoms with E-state index >= 15 is 0 Å². The summed E-state index contributed by atoms with van der Waals surface area (Å²) in [5.74, 6) is 1.79. The molecule has 5 nitrogen and oxygen atoms in total. The van der Waals surface area contributed by atoms with Crippen molar-refractivity contribution in [1.29, 1.82) is 0 Å². The standard InChI is InChI=1S/C20H33N3O2.HI/c1-16-9-10-17(15-19(16)24-3)11-13-23-20(21-2)22-12-6-14-25-18-7-4-5-8-18;/h9-10,15,18H,4-8,11-14H2,1-3H3,(H2,21,22,23);1H. The number of nitrogens with one attached hydrogen (secondary N) is 2. The highest BCUT2D eigenvalue weighted by Gasteiger charge is 2.14. The summed E-state index contributed by atoms with van der Waals surface area (Å²) in [6.45, 7) is 4.61. The Hall–Kier alpha value is -1.02. The molecular formula is C20H34IN3O2. The average molecular weight is 475 g/mol. The number of halogens is 1. The van der Waals surface area contributed by atoms with Crippen LogP contribution in [0, 0.1) is 6.92 Å². The van der Waals surface area contributed by atoms with Crippen molar-refractivity contribution in [2.45, 2.75) is 51.6 Å². The van der Waals surface area contributed by atoms with Gasteiger partial charge in [-0.15, -0.1) is 24.0 Å². The van der Waals surface area contributed by atoms with E-state index in [0.717, 1.165) is 49.8 Å². The molecule has 0 aromatic heterocycles. The number of aliphatic imine (C=N–C) groups is 1. The Bertz CT molecular complexity index is 546. The van der Waals surface area contributed by atoms with Gasteiger partial charge in [-0.05, 0) is 49.8 Å². The summed E-state index contributed by atoms with van der Waals surface area (Å²) >= 11 is 0. The van der Waals surface area contributed by atoms with Crippen LogP contribution < -0.4 is 15.4 Å². The number of aryl methyl sites for hydroxylation is 1. The molecule has 2 rings (SSSR count). The number of hydrogen-bond donors (Lipinski definition) is 2. The molecule has 0 heterocycles. The minimum Gasteiger partial charge on any atom is -0.496 e. The maximum Gasteiger partial charge on any atom is 0.190 e. The van der Waals surface area contributed by atoms with Crippen LogP contribution in [0.1, 0.15) is 43.2 Å². The Morgan fingerprint density at radius 2 is 1.92 bits per heavy atom. The Morgan fingerprint density at radius 1 is 1.19 bits per heavy atom. The van der Waals surface area contributed by atoms with Gasteiger partial charge < -0.3 is 20.1 Å². The Balaban J connectivity index is 0.00000338. The molecule has 0 atom stereocenters. The van der Waals surface area contributed by atoms with Crippen LogP contribution in [-0.2, 0) is 11.2 Å². The molecule has 0 amide bonds. The van der Waals surface area contributed by atoms with Crippen molar-refractivity contribution in [1.82, 2.24) is 10.6 Å². The number of benzene rings is 1.